The zero-order chi connectivity index (χ0) is 17.9. The average Bonchev–Trinajstić information content (AvgIpc) is 3.22. The molecule has 0 bridgehead atoms. The maximum absolute atomic E-state index is 12.8. The number of carbonyl (C=O) groups excluding carboxylic acids is 1. The highest BCUT2D eigenvalue weighted by Gasteiger charge is 2.31. The Labute approximate surface area is 156 Å². The van der Waals surface area contributed by atoms with Crippen LogP contribution in [0, 0.1) is 12.8 Å². The first-order valence-corrected chi connectivity index (χ1v) is 10.0. The number of benzene rings is 1. The Morgan fingerprint density at radius 3 is 2.54 bits per heavy atom. The molecule has 1 atom stereocenters. The molecule has 2 aromatic rings. The third-order valence-electron chi connectivity index (χ3n) is 5.94. The summed E-state index contributed by atoms with van der Waals surface area (Å²) >= 11 is 0. The summed E-state index contributed by atoms with van der Waals surface area (Å²) in [4.78, 5) is 19.8. The van der Waals surface area contributed by atoms with Gasteiger partial charge in [-0.2, -0.15) is 0 Å². The van der Waals surface area contributed by atoms with Crippen molar-refractivity contribution in [2.45, 2.75) is 51.4 Å². The number of carbonyl (C=O) groups is 1. The van der Waals surface area contributed by atoms with Gasteiger partial charge in [0.25, 0.3) is 0 Å². The average molecular weight is 348 g/mol. The van der Waals surface area contributed by atoms with Gasteiger partial charge in [-0.25, -0.2) is 0 Å². The molecule has 1 aliphatic carbocycles. The summed E-state index contributed by atoms with van der Waals surface area (Å²) in [5, 5.41) is 0. The number of aromatic nitrogens is 1. The molecule has 1 amide bonds. The zero-order valence-electron chi connectivity index (χ0n) is 15.7. The molecule has 2 aliphatic rings. The predicted molar refractivity (Wildman–Crippen MR) is 105 cm³/mol. The van der Waals surface area contributed by atoms with Crippen LogP contribution < -0.4 is 0 Å². The second-order valence-electron chi connectivity index (χ2n) is 7.89. The van der Waals surface area contributed by atoms with Crippen molar-refractivity contribution in [3.8, 4) is 11.1 Å². The molecule has 2 fully saturated rings. The molecule has 4 rings (SSSR count). The lowest BCUT2D eigenvalue weighted by atomic mass is 9.91. The Kier molecular flexibility index (Phi) is 5.05. The molecule has 2 heterocycles. The fraction of sp³-hybridized carbons (Fsp3) is 0.478. The fourth-order valence-electron chi connectivity index (χ4n) is 4.55. The van der Waals surface area contributed by atoms with Crippen LogP contribution in [0.1, 0.15) is 55.8 Å². The first kappa shape index (κ1) is 17.3. The van der Waals surface area contributed by atoms with Gasteiger partial charge in [-0.3, -0.25) is 9.78 Å². The summed E-state index contributed by atoms with van der Waals surface area (Å²) in [5.41, 5.74) is 4.66. The minimum atomic E-state index is 0.277. The van der Waals surface area contributed by atoms with Gasteiger partial charge in [-0.05, 0) is 55.9 Å². The van der Waals surface area contributed by atoms with E-state index in [0.29, 0.717) is 11.8 Å². The van der Waals surface area contributed by atoms with Crippen molar-refractivity contribution in [2.24, 2.45) is 5.92 Å². The van der Waals surface area contributed by atoms with Crippen LogP contribution in [0.25, 0.3) is 11.1 Å². The van der Waals surface area contributed by atoms with Gasteiger partial charge in [-0.1, -0.05) is 43.2 Å². The van der Waals surface area contributed by atoms with Crippen LogP contribution in [0.2, 0.25) is 0 Å². The van der Waals surface area contributed by atoms with Crippen molar-refractivity contribution < 1.29 is 4.79 Å². The van der Waals surface area contributed by atoms with Crippen LogP contribution in [0.3, 0.4) is 0 Å². The molecule has 1 aromatic heterocycles. The van der Waals surface area contributed by atoms with Crippen molar-refractivity contribution in [3.05, 3.63) is 53.9 Å². The van der Waals surface area contributed by atoms with Crippen LogP contribution in [0.15, 0.2) is 42.5 Å². The number of aryl methyl sites for hydroxylation is 1. The molecule has 3 heteroatoms. The van der Waals surface area contributed by atoms with E-state index in [4.69, 9.17) is 4.98 Å². The molecular weight excluding hydrogens is 320 g/mol. The lowest BCUT2D eigenvalue weighted by Crippen LogP contribution is -2.42. The maximum atomic E-state index is 12.8. The summed E-state index contributed by atoms with van der Waals surface area (Å²) in [6, 6.07) is 14.9. The monoisotopic (exact) mass is 348 g/mol. The van der Waals surface area contributed by atoms with Gasteiger partial charge in [0.2, 0.25) is 5.91 Å². The molecule has 1 aromatic carbocycles. The Morgan fingerprint density at radius 2 is 1.77 bits per heavy atom. The number of hydrogen-bond acceptors (Lipinski definition) is 2. The largest absolute Gasteiger partial charge is 0.342 e. The second kappa shape index (κ2) is 7.61. The van der Waals surface area contributed by atoms with E-state index >= 15 is 0 Å². The fourth-order valence-corrected chi connectivity index (χ4v) is 4.55. The summed E-state index contributed by atoms with van der Waals surface area (Å²) in [6.07, 6.45) is 6.81. The highest BCUT2D eigenvalue weighted by Crippen LogP contribution is 2.32. The Hall–Kier alpha value is -2.16. The highest BCUT2D eigenvalue weighted by molar-refractivity contribution is 5.79. The molecule has 26 heavy (non-hydrogen) atoms. The van der Waals surface area contributed by atoms with Crippen LogP contribution >= 0.6 is 0 Å². The van der Waals surface area contributed by atoms with E-state index in [-0.39, 0.29) is 5.92 Å². The van der Waals surface area contributed by atoms with Gasteiger partial charge < -0.3 is 4.90 Å². The number of amides is 1. The first-order chi connectivity index (χ1) is 12.7. The van der Waals surface area contributed by atoms with E-state index < -0.39 is 0 Å². The van der Waals surface area contributed by atoms with Gasteiger partial charge in [0.1, 0.15) is 0 Å². The SMILES string of the molecule is Cc1cc(-c2ccccc2)cc([C@H]2CCCN(C(=O)C3CCCC3)C2)n1. The van der Waals surface area contributed by atoms with Gasteiger partial charge in [0.15, 0.2) is 0 Å². The molecular formula is C23H28N2O. The number of nitrogens with zero attached hydrogens (tertiary/aromatic N) is 2. The lowest BCUT2D eigenvalue weighted by Gasteiger charge is -2.34. The maximum Gasteiger partial charge on any atom is 0.225 e. The van der Waals surface area contributed by atoms with E-state index in [1.807, 2.05) is 6.07 Å². The topological polar surface area (TPSA) is 33.2 Å². The molecule has 136 valence electrons. The minimum Gasteiger partial charge on any atom is -0.342 e. The predicted octanol–water partition coefficient (Wildman–Crippen LogP) is 4.95. The van der Waals surface area contributed by atoms with E-state index in [0.717, 1.165) is 50.2 Å². The molecule has 0 unspecified atom stereocenters. The van der Waals surface area contributed by atoms with Crippen LogP contribution in [0.5, 0.6) is 0 Å². The van der Waals surface area contributed by atoms with E-state index in [9.17, 15) is 4.79 Å². The molecule has 1 saturated heterocycles. The van der Waals surface area contributed by atoms with Crippen LogP contribution in [-0.4, -0.2) is 28.9 Å². The number of pyridine rings is 1. The third-order valence-corrected chi connectivity index (χ3v) is 5.94. The summed E-state index contributed by atoms with van der Waals surface area (Å²) in [5.74, 6) is 1.03. The Bertz CT molecular complexity index is 765. The Morgan fingerprint density at radius 1 is 1.00 bits per heavy atom. The molecule has 0 N–H and O–H groups in total. The first-order valence-electron chi connectivity index (χ1n) is 10.0. The lowest BCUT2D eigenvalue weighted by molar-refractivity contribution is -0.136. The number of hydrogen-bond donors (Lipinski definition) is 0. The van der Waals surface area contributed by atoms with Crippen molar-refractivity contribution in [1.29, 1.82) is 0 Å². The van der Waals surface area contributed by atoms with Gasteiger partial charge in [0.05, 0.1) is 0 Å². The van der Waals surface area contributed by atoms with Crippen molar-refractivity contribution in [3.63, 3.8) is 0 Å². The van der Waals surface area contributed by atoms with Gasteiger partial charge in [-0.15, -0.1) is 0 Å². The van der Waals surface area contributed by atoms with Crippen LogP contribution in [-0.2, 0) is 4.79 Å². The van der Waals surface area contributed by atoms with Crippen molar-refractivity contribution in [1.82, 2.24) is 9.88 Å². The Balaban J connectivity index is 1.55. The third kappa shape index (κ3) is 3.67. The quantitative estimate of drug-likeness (QED) is 0.786. The smallest absolute Gasteiger partial charge is 0.225 e. The zero-order valence-corrected chi connectivity index (χ0v) is 15.7. The van der Waals surface area contributed by atoms with Crippen molar-refractivity contribution >= 4 is 5.91 Å². The van der Waals surface area contributed by atoms with Crippen LogP contribution in [0.4, 0.5) is 0 Å². The minimum absolute atomic E-state index is 0.277. The normalized spacial score (nSPS) is 21.1. The van der Waals surface area contributed by atoms with Crippen molar-refractivity contribution in [2.75, 3.05) is 13.1 Å². The van der Waals surface area contributed by atoms with E-state index in [1.54, 1.807) is 0 Å². The molecule has 0 radical (unpaired) electrons. The number of rotatable bonds is 3. The molecule has 0 spiro atoms. The summed E-state index contributed by atoms with van der Waals surface area (Å²) in [7, 11) is 0. The second-order valence-corrected chi connectivity index (χ2v) is 7.89. The molecule has 1 saturated carbocycles. The molecule has 3 nitrogen and oxygen atoms in total. The number of likely N-dealkylation sites (tertiary alicyclic amines) is 1. The highest BCUT2D eigenvalue weighted by atomic mass is 16.2. The van der Waals surface area contributed by atoms with Gasteiger partial charge in [0, 0.05) is 36.3 Å². The van der Waals surface area contributed by atoms with Gasteiger partial charge >= 0.3 is 0 Å². The summed E-state index contributed by atoms with van der Waals surface area (Å²) in [6.45, 7) is 3.82. The molecule has 1 aliphatic heterocycles. The van der Waals surface area contributed by atoms with E-state index in [2.05, 4.69) is 48.2 Å². The summed E-state index contributed by atoms with van der Waals surface area (Å²) < 4.78 is 0. The van der Waals surface area contributed by atoms with E-state index in [1.165, 1.54) is 24.0 Å². The standard InChI is InChI=1S/C23H28N2O/c1-17-14-21(18-8-3-2-4-9-18)15-22(24-17)20-12-7-13-25(16-20)23(26)19-10-5-6-11-19/h2-4,8-9,14-15,19-20H,5-7,10-13,16H2,1H3/t20-/m0/s1. The number of piperidine rings is 1.